The van der Waals surface area contributed by atoms with Crippen molar-refractivity contribution in [3.63, 3.8) is 0 Å². The van der Waals surface area contributed by atoms with Crippen molar-refractivity contribution in [1.82, 2.24) is 10.2 Å². The summed E-state index contributed by atoms with van der Waals surface area (Å²) in [6.07, 6.45) is 0. The largest absolute Gasteiger partial charge is 0.369 e. The van der Waals surface area contributed by atoms with Crippen LogP contribution in [0, 0.1) is 6.92 Å². The van der Waals surface area contributed by atoms with Gasteiger partial charge >= 0.3 is 0 Å². The van der Waals surface area contributed by atoms with E-state index in [-0.39, 0.29) is 5.91 Å². The smallest absolute Gasteiger partial charge is 0.251 e. The molecule has 4 heteroatoms. The van der Waals surface area contributed by atoms with Gasteiger partial charge < -0.3 is 10.2 Å². The molecular weight excluding hydrogens is 298 g/mol. The first-order valence-corrected chi connectivity index (χ1v) is 8.59. The molecule has 4 nitrogen and oxygen atoms in total. The molecule has 0 bridgehead atoms. The molecule has 1 saturated heterocycles. The van der Waals surface area contributed by atoms with Gasteiger partial charge in [-0.1, -0.05) is 35.9 Å². The van der Waals surface area contributed by atoms with Crippen LogP contribution in [0.15, 0.2) is 54.6 Å². The average molecular weight is 323 g/mol. The molecule has 0 aliphatic carbocycles. The van der Waals surface area contributed by atoms with Crippen LogP contribution < -0.4 is 10.2 Å². The summed E-state index contributed by atoms with van der Waals surface area (Å²) in [5, 5.41) is 3.01. The fourth-order valence-electron chi connectivity index (χ4n) is 3.00. The van der Waals surface area contributed by atoms with Crippen LogP contribution in [-0.4, -0.2) is 50.1 Å². The highest BCUT2D eigenvalue weighted by Gasteiger charge is 2.16. The first kappa shape index (κ1) is 16.5. The van der Waals surface area contributed by atoms with Crippen molar-refractivity contribution in [2.45, 2.75) is 6.92 Å². The van der Waals surface area contributed by atoms with Gasteiger partial charge in [-0.25, -0.2) is 0 Å². The molecule has 0 saturated carbocycles. The van der Waals surface area contributed by atoms with Crippen LogP contribution >= 0.6 is 0 Å². The molecule has 1 fully saturated rings. The van der Waals surface area contributed by atoms with Gasteiger partial charge in [-0.2, -0.15) is 0 Å². The maximum atomic E-state index is 12.1. The van der Waals surface area contributed by atoms with Gasteiger partial charge in [-0.05, 0) is 31.2 Å². The number of carbonyl (C=O) groups excluding carboxylic acids is 1. The number of nitrogens with zero attached hydrogens (tertiary/aromatic N) is 2. The molecule has 2 aromatic rings. The Kier molecular flexibility index (Phi) is 5.49. The number of hydrogen-bond acceptors (Lipinski definition) is 3. The van der Waals surface area contributed by atoms with Gasteiger partial charge in [-0.3, -0.25) is 9.69 Å². The van der Waals surface area contributed by atoms with E-state index in [1.165, 1.54) is 11.3 Å². The normalized spacial score (nSPS) is 15.3. The van der Waals surface area contributed by atoms with Crippen LogP contribution in [0.3, 0.4) is 0 Å². The first-order chi connectivity index (χ1) is 11.7. The second-order valence-electron chi connectivity index (χ2n) is 6.29. The van der Waals surface area contributed by atoms with Crippen LogP contribution in [0.5, 0.6) is 0 Å². The number of nitrogens with one attached hydrogen (secondary N) is 1. The molecule has 0 spiro atoms. The number of para-hydroxylation sites is 1. The summed E-state index contributed by atoms with van der Waals surface area (Å²) in [4.78, 5) is 16.9. The van der Waals surface area contributed by atoms with Crippen molar-refractivity contribution < 1.29 is 4.79 Å². The molecule has 0 atom stereocenters. The summed E-state index contributed by atoms with van der Waals surface area (Å²) in [6, 6.07) is 18.2. The molecule has 126 valence electrons. The third-order valence-electron chi connectivity index (χ3n) is 4.52. The Morgan fingerprint density at radius 3 is 2.29 bits per heavy atom. The van der Waals surface area contributed by atoms with E-state index in [1.54, 1.807) is 0 Å². The van der Waals surface area contributed by atoms with E-state index in [0.29, 0.717) is 6.54 Å². The predicted octanol–water partition coefficient (Wildman–Crippen LogP) is 2.55. The van der Waals surface area contributed by atoms with E-state index in [4.69, 9.17) is 0 Å². The summed E-state index contributed by atoms with van der Waals surface area (Å²) < 4.78 is 0. The summed E-state index contributed by atoms with van der Waals surface area (Å²) in [6.45, 7) is 7.77. The summed E-state index contributed by atoms with van der Waals surface area (Å²) in [7, 11) is 0. The second-order valence-corrected chi connectivity index (χ2v) is 6.29. The number of carbonyl (C=O) groups is 1. The number of anilines is 1. The summed E-state index contributed by atoms with van der Waals surface area (Å²) in [5.74, 6) is 0.0120. The quantitative estimate of drug-likeness (QED) is 0.918. The van der Waals surface area contributed by atoms with Gasteiger partial charge in [0, 0.05) is 50.5 Å². The maximum absolute atomic E-state index is 12.1. The number of rotatable bonds is 5. The van der Waals surface area contributed by atoms with E-state index >= 15 is 0 Å². The molecule has 0 aromatic heterocycles. The Hall–Kier alpha value is -2.33. The zero-order valence-corrected chi connectivity index (χ0v) is 14.2. The zero-order valence-electron chi connectivity index (χ0n) is 14.2. The van der Waals surface area contributed by atoms with Crippen molar-refractivity contribution >= 4 is 11.6 Å². The monoisotopic (exact) mass is 323 g/mol. The molecule has 1 aliphatic rings. The fourth-order valence-corrected chi connectivity index (χ4v) is 3.00. The molecule has 1 heterocycles. The molecule has 1 aliphatic heterocycles. The van der Waals surface area contributed by atoms with Crippen LogP contribution in [0.4, 0.5) is 5.69 Å². The van der Waals surface area contributed by atoms with Gasteiger partial charge in [-0.15, -0.1) is 0 Å². The molecule has 2 aromatic carbocycles. The highest BCUT2D eigenvalue weighted by atomic mass is 16.1. The highest BCUT2D eigenvalue weighted by Crippen LogP contribution is 2.15. The predicted molar refractivity (Wildman–Crippen MR) is 98.6 cm³/mol. The Balaban J connectivity index is 1.39. The van der Waals surface area contributed by atoms with E-state index < -0.39 is 0 Å². The number of aryl methyl sites for hydroxylation is 1. The van der Waals surface area contributed by atoms with Crippen molar-refractivity contribution in [3.05, 3.63) is 65.7 Å². The van der Waals surface area contributed by atoms with Gasteiger partial charge in [0.25, 0.3) is 5.91 Å². The highest BCUT2D eigenvalue weighted by molar-refractivity contribution is 5.94. The third kappa shape index (κ3) is 4.36. The lowest BCUT2D eigenvalue weighted by Gasteiger charge is -2.36. The molecule has 3 rings (SSSR count). The summed E-state index contributed by atoms with van der Waals surface area (Å²) >= 11 is 0. The average Bonchev–Trinajstić information content (AvgIpc) is 2.63. The topological polar surface area (TPSA) is 35.6 Å². The Labute approximate surface area is 144 Å². The molecule has 24 heavy (non-hydrogen) atoms. The lowest BCUT2D eigenvalue weighted by molar-refractivity contribution is 0.0948. The fraction of sp³-hybridized carbons (Fsp3) is 0.350. The standard InChI is InChI=1S/C20H25N3O/c1-17-7-9-18(10-8-17)20(24)21-11-12-22-13-15-23(16-14-22)19-5-3-2-4-6-19/h2-10H,11-16H2,1H3,(H,21,24). The number of hydrogen-bond donors (Lipinski definition) is 1. The van der Waals surface area contributed by atoms with Crippen molar-refractivity contribution in [2.24, 2.45) is 0 Å². The molecule has 1 amide bonds. The van der Waals surface area contributed by atoms with Gasteiger partial charge in [0.05, 0.1) is 0 Å². The van der Waals surface area contributed by atoms with E-state index in [1.807, 2.05) is 31.2 Å². The molecule has 0 unspecified atom stereocenters. The number of amides is 1. The summed E-state index contributed by atoms with van der Waals surface area (Å²) in [5.41, 5.74) is 3.20. The van der Waals surface area contributed by atoms with Crippen LogP contribution in [0.2, 0.25) is 0 Å². The van der Waals surface area contributed by atoms with Gasteiger partial charge in [0.1, 0.15) is 0 Å². The van der Waals surface area contributed by atoms with Crippen molar-refractivity contribution in [2.75, 3.05) is 44.2 Å². The number of benzene rings is 2. The number of piperazine rings is 1. The van der Waals surface area contributed by atoms with E-state index in [9.17, 15) is 4.79 Å². The van der Waals surface area contributed by atoms with Crippen LogP contribution in [-0.2, 0) is 0 Å². The Morgan fingerprint density at radius 1 is 0.958 bits per heavy atom. The minimum absolute atomic E-state index is 0.0120. The minimum atomic E-state index is 0.0120. The Bertz CT molecular complexity index is 646. The maximum Gasteiger partial charge on any atom is 0.251 e. The first-order valence-electron chi connectivity index (χ1n) is 8.59. The van der Waals surface area contributed by atoms with Crippen molar-refractivity contribution in [1.29, 1.82) is 0 Å². The van der Waals surface area contributed by atoms with E-state index in [0.717, 1.165) is 38.3 Å². The van der Waals surface area contributed by atoms with Crippen LogP contribution in [0.1, 0.15) is 15.9 Å². The zero-order chi connectivity index (χ0) is 16.8. The van der Waals surface area contributed by atoms with Gasteiger partial charge in [0.2, 0.25) is 0 Å². The van der Waals surface area contributed by atoms with Crippen molar-refractivity contribution in [3.8, 4) is 0 Å². The van der Waals surface area contributed by atoms with E-state index in [2.05, 4.69) is 45.4 Å². The molecule has 0 radical (unpaired) electrons. The lowest BCUT2D eigenvalue weighted by Crippen LogP contribution is -2.48. The molecule has 1 N–H and O–H groups in total. The second kappa shape index (κ2) is 7.97. The van der Waals surface area contributed by atoms with Crippen LogP contribution in [0.25, 0.3) is 0 Å². The SMILES string of the molecule is Cc1ccc(C(=O)NCCN2CCN(c3ccccc3)CC2)cc1. The minimum Gasteiger partial charge on any atom is -0.369 e. The van der Waals surface area contributed by atoms with Gasteiger partial charge in [0.15, 0.2) is 0 Å². The molecular formula is C20H25N3O. The third-order valence-corrected chi connectivity index (χ3v) is 4.52. The lowest BCUT2D eigenvalue weighted by atomic mass is 10.1. The Morgan fingerprint density at radius 2 is 1.62 bits per heavy atom.